The highest BCUT2D eigenvalue weighted by molar-refractivity contribution is 5.74. The molecule has 1 fully saturated rings. The van der Waals surface area contributed by atoms with Gasteiger partial charge in [0, 0.05) is 19.3 Å². The maximum Gasteiger partial charge on any atom is 0.335 e. The summed E-state index contributed by atoms with van der Waals surface area (Å²) in [6.07, 6.45) is 59.4. The summed E-state index contributed by atoms with van der Waals surface area (Å²) in [6.45, 7) is 5.80. The van der Waals surface area contributed by atoms with Crippen molar-refractivity contribution in [3.63, 3.8) is 0 Å². The minimum absolute atomic E-state index is 0.0425. The normalized spacial score (nSPS) is 18.5. The van der Waals surface area contributed by atoms with Gasteiger partial charge in [0.05, 0.1) is 6.61 Å². The number of hydrogen-bond acceptors (Lipinski definition) is 11. The number of unbranched alkanes of at least 4 members (excludes halogenated alkanes) is 22. The van der Waals surface area contributed by atoms with Gasteiger partial charge in [0.15, 0.2) is 24.6 Å². The van der Waals surface area contributed by atoms with Crippen molar-refractivity contribution in [2.45, 2.75) is 289 Å². The number of aliphatic hydroxyl groups excluding tert-OH is 2. The second-order valence-corrected chi connectivity index (χ2v) is 20.9. The molecule has 450 valence electrons. The van der Waals surface area contributed by atoms with Crippen molar-refractivity contribution in [2.75, 3.05) is 13.2 Å². The van der Waals surface area contributed by atoms with Crippen LogP contribution in [0.1, 0.15) is 252 Å². The zero-order valence-corrected chi connectivity index (χ0v) is 49.6. The topological polar surface area (TPSA) is 175 Å². The molecule has 3 N–H and O–H groups in total. The summed E-state index contributed by atoms with van der Waals surface area (Å²) in [5.41, 5.74) is 0. The summed E-state index contributed by atoms with van der Waals surface area (Å²) in [6, 6.07) is 0. The van der Waals surface area contributed by atoms with E-state index in [-0.39, 0.29) is 25.9 Å². The molecule has 0 aromatic carbocycles. The van der Waals surface area contributed by atoms with Crippen LogP contribution >= 0.6 is 0 Å². The minimum Gasteiger partial charge on any atom is -0.479 e. The third-order valence-electron chi connectivity index (χ3n) is 13.6. The lowest BCUT2D eigenvalue weighted by Crippen LogP contribution is -2.61. The lowest BCUT2D eigenvalue weighted by atomic mass is 9.98. The molecule has 0 aromatic heterocycles. The minimum atomic E-state index is -1.92. The summed E-state index contributed by atoms with van der Waals surface area (Å²) >= 11 is 0. The molecule has 1 aliphatic heterocycles. The number of carboxylic acid groups (broad SMARTS) is 1. The van der Waals surface area contributed by atoms with Crippen molar-refractivity contribution in [2.24, 2.45) is 0 Å². The molecule has 12 heteroatoms. The third kappa shape index (κ3) is 44.0. The molecule has 0 aliphatic carbocycles. The van der Waals surface area contributed by atoms with Crippen LogP contribution in [0.4, 0.5) is 0 Å². The van der Waals surface area contributed by atoms with Crippen molar-refractivity contribution >= 4 is 23.9 Å². The van der Waals surface area contributed by atoms with Crippen LogP contribution in [0.15, 0.2) is 97.2 Å². The van der Waals surface area contributed by atoms with E-state index in [2.05, 4.69) is 118 Å². The van der Waals surface area contributed by atoms with Gasteiger partial charge in [-0.3, -0.25) is 14.4 Å². The number of aliphatic carboxylic acids is 1. The molecule has 1 rings (SSSR count). The Labute approximate surface area is 479 Å². The fourth-order valence-electron chi connectivity index (χ4n) is 8.83. The molecular formula is C67H110O12. The van der Waals surface area contributed by atoms with E-state index >= 15 is 0 Å². The molecule has 1 heterocycles. The Morgan fingerprint density at radius 2 is 0.797 bits per heavy atom. The zero-order chi connectivity index (χ0) is 57.5. The molecule has 6 unspecified atom stereocenters. The van der Waals surface area contributed by atoms with Crippen molar-refractivity contribution in [3.8, 4) is 0 Å². The van der Waals surface area contributed by atoms with E-state index in [1.165, 1.54) is 44.9 Å². The number of allylic oxidation sites excluding steroid dienone is 16. The fourth-order valence-corrected chi connectivity index (χ4v) is 8.83. The van der Waals surface area contributed by atoms with Crippen molar-refractivity contribution in [1.82, 2.24) is 0 Å². The Bertz CT molecular complexity index is 1740. The highest BCUT2D eigenvalue weighted by Gasteiger charge is 2.50. The summed E-state index contributed by atoms with van der Waals surface area (Å²) < 4.78 is 28.4. The Morgan fingerprint density at radius 1 is 0.430 bits per heavy atom. The molecule has 79 heavy (non-hydrogen) atoms. The van der Waals surface area contributed by atoms with Gasteiger partial charge in [-0.05, 0) is 122 Å². The first-order valence-electron chi connectivity index (χ1n) is 31.2. The number of carboxylic acids is 1. The number of esters is 3. The molecule has 12 nitrogen and oxygen atoms in total. The molecule has 0 amide bonds. The fraction of sp³-hybridized carbons (Fsp3) is 0.701. The monoisotopic (exact) mass is 1110 g/mol. The summed E-state index contributed by atoms with van der Waals surface area (Å²) in [4.78, 5) is 51.2. The van der Waals surface area contributed by atoms with E-state index in [0.717, 1.165) is 148 Å². The highest BCUT2D eigenvalue weighted by Crippen LogP contribution is 2.26. The van der Waals surface area contributed by atoms with E-state index in [4.69, 9.17) is 23.7 Å². The number of hydrogen-bond donors (Lipinski definition) is 3. The van der Waals surface area contributed by atoms with Crippen LogP contribution in [0.2, 0.25) is 0 Å². The summed E-state index contributed by atoms with van der Waals surface area (Å²) in [7, 11) is 0. The second-order valence-electron chi connectivity index (χ2n) is 20.9. The third-order valence-corrected chi connectivity index (χ3v) is 13.6. The quantitative estimate of drug-likeness (QED) is 0.0228. The molecule has 6 atom stereocenters. The predicted octanol–water partition coefficient (Wildman–Crippen LogP) is 16.5. The lowest BCUT2D eigenvalue weighted by molar-refractivity contribution is -0.301. The summed E-state index contributed by atoms with van der Waals surface area (Å²) in [5, 5.41) is 31.5. The first-order valence-corrected chi connectivity index (χ1v) is 31.2. The molecule has 1 saturated heterocycles. The van der Waals surface area contributed by atoms with E-state index in [1.807, 2.05) is 0 Å². The largest absolute Gasteiger partial charge is 0.479 e. The Morgan fingerprint density at radius 3 is 1.27 bits per heavy atom. The van der Waals surface area contributed by atoms with Gasteiger partial charge in [-0.25, -0.2) is 4.79 Å². The standard InChI is InChI=1S/C67H110O12/c1-4-7-10-13-16-19-22-25-27-29-30-32-33-36-38-41-44-47-50-53-59(68)75-56-58(77-60(69)54-51-48-45-42-40-37-34-31-28-26-23-20-17-14-11-8-5-2)57-76-67-65(63(72)62(71)64(79-67)66(73)74)78-61(70)55-52-49-46-43-39-35-24-21-18-15-12-9-6-3/h7,10,16-17,19-21,24-28,30,32,36,38,58,62-65,67,71-72H,4-6,8-9,11-15,18,22-23,29,31,33-35,37,39-57H2,1-3H3,(H,73,74)/b10-7-,19-16-,20-17-,24-21-,27-25-,28-26-,32-30-,38-36-. The molecule has 0 aromatic rings. The SMILES string of the molecule is CC/C=C\C/C=C\C/C=C\C/C=C\C/C=C\CCCCCC(=O)OCC(COC1OC(C(=O)O)C(O)C(O)C1OC(=O)CCCCCCC/C=C\CCCCCC)OC(=O)CCCCCCCCC/C=C\C/C=C\CCCCC. The second kappa shape index (κ2) is 54.2. The van der Waals surface area contributed by atoms with Crippen LogP contribution in [0.5, 0.6) is 0 Å². The molecule has 1 aliphatic rings. The number of ether oxygens (including phenoxy) is 5. The van der Waals surface area contributed by atoms with E-state index in [9.17, 15) is 34.5 Å². The average Bonchev–Trinajstić information content (AvgIpc) is 3.44. The van der Waals surface area contributed by atoms with Crippen LogP contribution in [-0.2, 0) is 42.9 Å². The van der Waals surface area contributed by atoms with Gasteiger partial charge in [-0.15, -0.1) is 0 Å². The zero-order valence-electron chi connectivity index (χ0n) is 49.6. The predicted molar refractivity (Wildman–Crippen MR) is 321 cm³/mol. The van der Waals surface area contributed by atoms with Crippen LogP contribution in [-0.4, -0.2) is 89.2 Å². The van der Waals surface area contributed by atoms with Crippen molar-refractivity contribution in [3.05, 3.63) is 97.2 Å². The summed E-state index contributed by atoms with van der Waals surface area (Å²) in [5.74, 6) is -3.19. The van der Waals surface area contributed by atoms with E-state index in [1.54, 1.807) is 0 Å². The number of carbonyl (C=O) groups is 4. The van der Waals surface area contributed by atoms with Gasteiger partial charge in [-0.2, -0.15) is 0 Å². The van der Waals surface area contributed by atoms with Gasteiger partial charge in [0.1, 0.15) is 18.8 Å². The smallest absolute Gasteiger partial charge is 0.335 e. The van der Waals surface area contributed by atoms with Crippen LogP contribution in [0.3, 0.4) is 0 Å². The molecule has 0 radical (unpaired) electrons. The Balaban J connectivity index is 2.71. The van der Waals surface area contributed by atoms with Crippen molar-refractivity contribution in [1.29, 1.82) is 0 Å². The number of aliphatic hydroxyl groups is 2. The Kier molecular flexibility index (Phi) is 49.9. The maximum atomic E-state index is 13.2. The van der Waals surface area contributed by atoms with E-state index < -0.39 is 67.3 Å². The number of carbonyl (C=O) groups excluding carboxylic acids is 3. The van der Waals surface area contributed by atoms with Gasteiger partial charge < -0.3 is 39.0 Å². The van der Waals surface area contributed by atoms with Crippen LogP contribution < -0.4 is 0 Å². The average molecular weight is 1110 g/mol. The first-order chi connectivity index (χ1) is 38.6. The molecular weight excluding hydrogens is 997 g/mol. The van der Waals surface area contributed by atoms with Gasteiger partial charge >= 0.3 is 23.9 Å². The first kappa shape index (κ1) is 72.7. The lowest BCUT2D eigenvalue weighted by Gasteiger charge is -2.40. The van der Waals surface area contributed by atoms with E-state index in [0.29, 0.717) is 19.3 Å². The Hall–Kier alpha value is -4.36. The molecule has 0 bridgehead atoms. The van der Waals surface area contributed by atoms with Crippen LogP contribution in [0.25, 0.3) is 0 Å². The molecule has 0 saturated carbocycles. The number of rotatable bonds is 52. The maximum absolute atomic E-state index is 13.2. The highest BCUT2D eigenvalue weighted by atomic mass is 16.7. The van der Waals surface area contributed by atoms with Crippen molar-refractivity contribution < 1.29 is 58.2 Å². The van der Waals surface area contributed by atoms with Gasteiger partial charge in [0.2, 0.25) is 0 Å². The van der Waals surface area contributed by atoms with Crippen LogP contribution in [0, 0.1) is 0 Å². The molecule has 0 spiro atoms. The van der Waals surface area contributed by atoms with Gasteiger partial charge in [-0.1, -0.05) is 208 Å². The van der Waals surface area contributed by atoms with Gasteiger partial charge in [0.25, 0.3) is 0 Å².